The van der Waals surface area contributed by atoms with Gasteiger partial charge in [-0.05, 0) is 104 Å². The predicted octanol–water partition coefficient (Wildman–Crippen LogP) is 14.8. The van der Waals surface area contributed by atoms with E-state index in [1.54, 1.807) is 0 Å². The molecular weight excluding hydrogens is 675 g/mol. The number of hydrogen-bond acceptors (Lipinski definition) is 2. The van der Waals surface area contributed by atoms with Gasteiger partial charge in [0, 0.05) is 20.4 Å². The van der Waals surface area contributed by atoms with Gasteiger partial charge in [-0.2, -0.15) is 0 Å². The van der Waals surface area contributed by atoms with Crippen molar-refractivity contribution in [1.29, 1.82) is 0 Å². The molecule has 0 saturated carbocycles. The molecule has 0 unspecified atom stereocenters. The third-order valence-electron chi connectivity index (χ3n) is 9.28. The first-order valence-electron chi connectivity index (χ1n) is 20.2. The summed E-state index contributed by atoms with van der Waals surface area (Å²) in [7, 11) is 0. The van der Waals surface area contributed by atoms with Crippen molar-refractivity contribution in [2.75, 3.05) is 0 Å². The molecule has 0 radical (unpaired) electrons. The number of aliphatic imine (C=N–C) groups is 2. The number of rotatable bonds is 27. The van der Waals surface area contributed by atoms with Gasteiger partial charge in [0.15, 0.2) is 0 Å². The van der Waals surface area contributed by atoms with Crippen molar-refractivity contribution >= 4 is 22.8 Å². The Labute approximate surface area is 311 Å². The third kappa shape index (κ3) is 18.3. The number of aryl methyl sites for hydroxylation is 4. The molecule has 2 nitrogen and oxygen atoms in total. The van der Waals surface area contributed by atoms with E-state index in [-0.39, 0.29) is 20.4 Å². The van der Waals surface area contributed by atoms with Gasteiger partial charge >= 0.3 is 0 Å². The molecular formula is C45H72N2Pd. The Morgan fingerprint density at radius 3 is 1.40 bits per heavy atom. The molecule has 2 aromatic carbocycles. The zero-order chi connectivity index (χ0) is 34.0. The Morgan fingerprint density at radius 1 is 0.479 bits per heavy atom. The molecule has 0 bridgehead atoms. The van der Waals surface area contributed by atoms with Crippen LogP contribution < -0.4 is 0 Å². The maximum Gasteiger partial charge on any atom is 0.0848 e. The van der Waals surface area contributed by atoms with Crippen LogP contribution in [0, 0.1) is 0 Å². The quantitative estimate of drug-likeness (QED) is 0.0494. The maximum atomic E-state index is 5.36. The summed E-state index contributed by atoms with van der Waals surface area (Å²) < 4.78 is 0. The molecule has 0 heterocycles. The summed E-state index contributed by atoms with van der Waals surface area (Å²) in [6, 6.07) is 13.8. The second kappa shape index (κ2) is 29.0. The number of unbranched alkanes of at least 4 members (excludes halogenated alkanes) is 12. The Morgan fingerprint density at radius 2 is 0.917 bits per heavy atom. The van der Waals surface area contributed by atoms with Crippen molar-refractivity contribution in [2.24, 2.45) is 9.98 Å². The fourth-order valence-electron chi connectivity index (χ4n) is 6.59. The summed E-state index contributed by atoms with van der Waals surface area (Å²) in [5.41, 5.74) is 10.2. The van der Waals surface area contributed by atoms with Crippen LogP contribution in [-0.2, 0) is 46.1 Å². The molecule has 2 aromatic rings. The van der Waals surface area contributed by atoms with E-state index in [4.69, 9.17) is 9.98 Å². The van der Waals surface area contributed by atoms with Crippen molar-refractivity contribution in [3.8, 4) is 0 Å². The Kier molecular flexibility index (Phi) is 26.7. The second-order valence-corrected chi connectivity index (χ2v) is 13.8. The fourth-order valence-corrected chi connectivity index (χ4v) is 6.59. The largest absolute Gasteiger partial charge is 0.251 e. The topological polar surface area (TPSA) is 24.7 Å². The zero-order valence-electron chi connectivity index (χ0n) is 32.1. The summed E-state index contributed by atoms with van der Waals surface area (Å²) in [5.74, 6) is 0. The van der Waals surface area contributed by atoms with Crippen LogP contribution in [-0.4, -0.2) is 11.4 Å². The molecule has 0 amide bonds. The van der Waals surface area contributed by atoms with E-state index in [9.17, 15) is 0 Å². The van der Waals surface area contributed by atoms with Gasteiger partial charge in [0.05, 0.1) is 22.8 Å². The summed E-state index contributed by atoms with van der Waals surface area (Å²) in [6.07, 6.45) is 33.4. The molecule has 48 heavy (non-hydrogen) atoms. The first kappa shape index (κ1) is 44.2. The maximum absolute atomic E-state index is 5.36. The van der Waals surface area contributed by atoms with Crippen LogP contribution in [0.3, 0.4) is 0 Å². The normalized spacial score (nSPS) is 12.2. The first-order valence-corrected chi connectivity index (χ1v) is 20.2. The van der Waals surface area contributed by atoms with E-state index < -0.39 is 0 Å². The molecule has 3 heteroatoms. The summed E-state index contributed by atoms with van der Waals surface area (Å²) in [5, 5.41) is 0. The van der Waals surface area contributed by atoms with Gasteiger partial charge in [0.1, 0.15) is 0 Å². The van der Waals surface area contributed by atoms with Gasteiger partial charge in [0.2, 0.25) is 0 Å². The van der Waals surface area contributed by atoms with Crippen LogP contribution in [0.4, 0.5) is 11.4 Å². The molecule has 0 saturated heterocycles. The molecule has 2 rings (SSSR count). The smallest absolute Gasteiger partial charge is 0.0848 e. The fraction of sp³-hybridized carbons (Fsp3) is 0.644. The molecule has 0 aliphatic heterocycles. The molecule has 0 aliphatic carbocycles. The molecule has 0 fully saturated rings. The molecule has 0 aromatic heterocycles. The second-order valence-electron chi connectivity index (χ2n) is 13.8. The van der Waals surface area contributed by atoms with Crippen molar-refractivity contribution < 1.29 is 20.4 Å². The van der Waals surface area contributed by atoms with Crippen molar-refractivity contribution in [3.63, 3.8) is 0 Å². The van der Waals surface area contributed by atoms with Crippen LogP contribution in [0.15, 0.2) is 58.5 Å². The van der Waals surface area contributed by atoms with Crippen LogP contribution >= 0.6 is 0 Å². The van der Waals surface area contributed by atoms with Gasteiger partial charge in [0.25, 0.3) is 0 Å². The van der Waals surface area contributed by atoms with Crippen LogP contribution in [0.25, 0.3) is 0 Å². The van der Waals surface area contributed by atoms with Crippen molar-refractivity contribution in [1.82, 2.24) is 0 Å². The SMILES string of the molecule is CCCCCCCCCCCCC/C=C/C(=N\c1ccc(CCC)c(CCC)c1)C(/CCCC)=N/c1ccc(CCC)c(CCC)c1.[Pd]. The Bertz CT molecular complexity index is 1190. The minimum atomic E-state index is 0. The summed E-state index contributed by atoms with van der Waals surface area (Å²) in [4.78, 5) is 10.7. The molecule has 272 valence electrons. The monoisotopic (exact) mass is 746 g/mol. The minimum absolute atomic E-state index is 0. The van der Waals surface area contributed by atoms with Crippen LogP contribution in [0.2, 0.25) is 0 Å². The third-order valence-corrected chi connectivity index (χ3v) is 9.28. The zero-order valence-corrected chi connectivity index (χ0v) is 33.6. The Hall–Kier alpha value is -1.82. The van der Waals surface area contributed by atoms with E-state index in [0.717, 1.165) is 87.0 Å². The van der Waals surface area contributed by atoms with Gasteiger partial charge in [-0.25, -0.2) is 4.99 Å². The average Bonchev–Trinajstić information content (AvgIpc) is 3.07. The van der Waals surface area contributed by atoms with E-state index in [1.165, 1.54) is 106 Å². The standard InChI is InChI=1S/C45H72N2.Pd/c1-7-13-15-16-17-18-19-20-21-22-23-24-25-31-45(47-43-35-33-39(27-10-4)41(37-43)29-12-6)44(30-14-8-2)46-42-34-32-38(26-9-3)40(36-42)28-11-5;/h25,31-37H,7-24,26-30H2,1-6H3;/b31-25+,46-44+,47-45+;. The van der Waals surface area contributed by atoms with E-state index in [2.05, 4.69) is 90.1 Å². The van der Waals surface area contributed by atoms with E-state index >= 15 is 0 Å². The van der Waals surface area contributed by atoms with Crippen molar-refractivity contribution in [2.45, 2.75) is 189 Å². The van der Waals surface area contributed by atoms with Gasteiger partial charge < -0.3 is 0 Å². The van der Waals surface area contributed by atoms with E-state index in [1.807, 2.05) is 0 Å². The number of benzene rings is 2. The van der Waals surface area contributed by atoms with E-state index in [0.29, 0.717) is 0 Å². The molecule has 0 spiro atoms. The Balaban J connectivity index is 0.0000115. The van der Waals surface area contributed by atoms with Gasteiger partial charge in [-0.1, -0.05) is 156 Å². The first-order chi connectivity index (χ1) is 23.1. The average molecular weight is 748 g/mol. The van der Waals surface area contributed by atoms with Gasteiger partial charge in [-0.3, -0.25) is 4.99 Å². The molecule has 0 atom stereocenters. The minimum Gasteiger partial charge on any atom is -0.251 e. The number of hydrogen-bond donors (Lipinski definition) is 0. The number of allylic oxidation sites excluding steroid dienone is 2. The molecule has 0 aliphatic rings. The summed E-state index contributed by atoms with van der Waals surface area (Å²) >= 11 is 0. The summed E-state index contributed by atoms with van der Waals surface area (Å²) in [6.45, 7) is 13.7. The van der Waals surface area contributed by atoms with Crippen molar-refractivity contribution in [3.05, 3.63) is 70.8 Å². The molecule has 0 N–H and O–H groups in total. The van der Waals surface area contributed by atoms with Crippen LogP contribution in [0.1, 0.15) is 186 Å². The van der Waals surface area contributed by atoms with Crippen LogP contribution in [0.5, 0.6) is 0 Å². The van der Waals surface area contributed by atoms with Gasteiger partial charge in [-0.15, -0.1) is 0 Å². The number of nitrogens with zero attached hydrogens (tertiary/aromatic N) is 2. The predicted molar refractivity (Wildman–Crippen MR) is 213 cm³/mol.